The minimum atomic E-state index is -2.15. The Kier molecular flexibility index (Phi) is 6.49. The monoisotopic (exact) mass is 498 g/mol. The molecule has 2 bridgehead atoms. The standard InChI is InChI=1S/C29H38O7/c1-8-10-21(30)35-14-18-12-19-22-20(27(22,6)7)11-17(5)28(24(19)32)13-16(4)25(29(28,34)23(18)31)36-26(33)15(3)9-2/h8-10,12-13,17,19-20,22-23,25,31,34H,11,14H2,1-7H3/b10-8+,15-9-/t17-,19+,20-,22+,23-,25+,28+,29+/m1/s1. The first-order valence-corrected chi connectivity index (χ1v) is 12.8. The molecule has 1 spiro atoms. The summed E-state index contributed by atoms with van der Waals surface area (Å²) in [6, 6.07) is 0. The smallest absolute Gasteiger partial charge is 0.334 e. The third-order valence-corrected chi connectivity index (χ3v) is 9.38. The topological polar surface area (TPSA) is 110 Å². The van der Waals surface area contributed by atoms with E-state index in [9.17, 15) is 24.6 Å². The van der Waals surface area contributed by atoms with Crippen LogP contribution < -0.4 is 0 Å². The number of aliphatic hydroxyl groups excluding tert-OH is 1. The van der Waals surface area contributed by atoms with Crippen molar-refractivity contribution >= 4 is 17.7 Å². The SMILES string of the molecule is C/C=C(/C)C(=O)O[C@H]1C(C)=C[C@]23C(=O)[C@@H](C=C(COC(=O)/C=C/C)[C@@H](O)[C@]12O)[C@H]1[C@@H](C[C@H]3C)C1(C)C. The van der Waals surface area contributed by atoms with E-state index < -0.39 is 41.1 Å². The van der Waals surface area contributed by atoms with Gasteiger partial charge in [0.05, 0.1) is 5.41 Å². The van der Waals surface area contributed by atoms with E-state index in [-0.39, 0.29) is 41.1 Å². The van der Waals surface area contributed by atoms with Crippen LogP contribution in [0.15, 0.2) is 47.1 Å². The first-order chi connectivity index (χ1) is 16.8. The largest absolute Gasteiger partial charge is 0.458 e. The third-order valence-electron chi connectivity index (χ3n) is 9.38. The molecule has 7 nitrogen and oxygen atoms in total. The zero-order valence-corrected chi connectivity index (χ0v) is 22.2. The number of allylic oxidation sites excluding steroid dienone is 3. The quantitative estimate of drug-likeness (QED) is 0.339. The molecule has 2 saturated carbocycles. The van der Waals surface area contributed by atoms with E-state index in [0.717, 1.165) is 0 Å². The molecule has 0 saturated heterocycles. The molecule has 2 N–H and O–H groups in total. The lowest BCUT2D eigenvalue weighted by atomic mass is 9.59. The van der Waals surface area contributed by atoms with Crippen LogP contribution in [-0.2, 0) is 23.9 Å². The number of aliphatic hydroxyl groups is 2. The summed E-state index contributed by atoms with van der Waals surface area (Å²) in [4.78, 5) is 39.4. The second kappa shape index (κ2) is 8.80. The van der Waals surface area contributed by atoms with Crippen molar-refractivity contribution < 1.29 is 34.1 Å². The lowest BCUT2D eigenvalue weighted by Gasteiger charge is -2.48. The molecule has 0 heterocycles. The highest BCUT2D eigenvalue weighted by Gasteiger charge is 2.76. The van der Waals surface area contributed by atoms with Crippen molar-refractivity contribution in [2.45, 2.75) is 72.7 Å². The van der Waals surface area contributed by atoms with Gasteiger partial charge in [0.15, 0.2) is 17.5 Å². The van der Waals surface area contributed by atoms with Gasteiger partial charge in [-0.15, -0.1) is 0 Å². The van der Waals surface area contributed by atoms with E-state index in [0.29, 0.717) is 17.6 Å². The van der Waals surface area contributed by atoms with Gasteiger partial charge in [-0.2, -0.15) is 0 Å². The molecule has 0 aromatic carbocycles. The van der Waals surface area contributed by atoms with Crippen LogP contribution >= 0.6 is 0 Å². The van der Waals surface area contributed by atoms with E-state index >= 15 is 0 Å². The van der Waals surface area contributed by atoms with Gasteiger partial charge in [0.2, 0.25) is 0 Å². The predicted octanol–water partition coefficient (Wildman–Crippen LogP) is 3.46. The van der Waals surface area contributed by atoms with Gasteiger partial charge in [-0.3, -0.25) is 4.79 Å². The Hall–Kier alpha value is -2.51. The molecule has 0 aliphatic heterocycles. The molecular formula is C29H38O7. The van der Waals surface area contributed by atoms with Crippen LogP contribution in [0.1, 0.15) is 54.9 Å². The van der Waals surface area contributed by atoms with Crippen LogP contribution in [0, 0.1) is 34.5 Å². The fourth-order valence-corrected chi connectivity index (χ4v) is 7.24. The summed E-state index contributed by atoms with van der Waals surface area (Å²) in [5, 5.41) is 24.3. The number of ether oxygens (including phenoxy) is 2. The van der Waals surface area contributed by atoms with Gasteiger partial charge in [0.1, 0.15) is 12.7 Å². The number of carbonyl (C=O) groups excluding carboxylic acids is 3. The number of hydrogen-bond donors (Lipinski definition) is 2. The Morgan fingerprint density at radius 1 is 1.25 bits per heavy atom. The summed E-state index contributed by atoms with van der Waals surface area (Å²) in [7, 11) is 0. The van der Waals surface area contributed by atoms with Crippen molar-refractivity contribution in [1.82, 2.24) is 0 Å². The van der Waals surface area contributed by atoms with E-state index in [1.807, 2.05) is 6.92 Å². The highest BCUT2D eigenvalue weighted by molar-refractivity contribution is 5.96. The number of esters is 2. The molecule has 0 radical (unpaired) electrons. The Bertz CT molecular complexity index is 1110. The van der Waals surface area contributed by atoms with Gasteiger partial charge >= 0.3 is 11.9 Å². The minimum absolute atomic E-state index is 0.0446. The van der Waals surface area contributed by atoms with Crippen molar-refractivity contribution in [3.05, 3.63) is 47.1 Å². The lowest BCUT2D eigenvalue weighted by molar-refractivity contribution is -0.201. The van der Waals surface area contributed by atoms with Crippen LogP contribution in [-0.4, -0.2) is 52.4 Å². The van der Waals surface area contributed by atoms with Crippen LogP contribution in [0.2, 0.25) is 0 Å². The van der Waals surface area contributed by atoms with Gasteiger partial charge in [0, 0.05) is 17.6 Å². The highest BCUT2D eigenvalue weighted by Crippen LogP contribution is 2.71. The lowest BCUT2D eigenvalue weighted by Crippen LogP contribution is -2.65. The molecule has 0 amide bonds. The van der Waals surface area contributed by atoms with E-state index in [1.54, 1.807) is 52.0 Å². The maximum atomic E-state index is 14.5. The summed E-state index contributed by atoms with van der Waals surface area (Å²) in [6.07, 6.45) is 5.73. The summed E-state index contributed by atoms with van der Waals surface area (Å²) in [5.41, 5.74) is -2.55. The van der Waals surface area contributed by atoms with Crippen molar-refractivity contribution in [1.29, 1.82) is 0 Å². The molecule has 4 rings (SSSR count). The maximum Gasteiger partial charge on any atom is 0.334 e. The number of ketones is 1. The molecule has 0 unspecified atom stereocenters. The fraction of sp³-hybridized carbons (Fsp3) is 0.621. The molecule has 4 aliphatic carbocycles. The number of fused-ring (bicyclic) bond motifs is 3. The normalized spacial score (nSPS) is 40.9. The van der Waals surface area contributed by atoms with Crippen LogP contribution in [0.5, 0.6) is 0 Å². The van der Waals surface area contributed by atoms with Crippen molar-refractivity contribution in [2.24, 2.45) is 34.5 Å². The van der Waals surface area contributed by atoms with Gasteiger partial charge in [0.25, 0.3) is 0 Å². The van der Waals surface area contributed by atoms with Crippen LogP contribution in [0.25, 0.3) is 0 Å². The van der Waals surface area contributed by atoms with E-state index in [4.69, 9.17) is 9.47 Å². The maximum absolute atomic E-state index is 14.5. The minimum Gasteiger partial charge on any atom is -0.458 e. The fourth-order valence-electron chi connectivity index (χ4n) is 7.24. The van der Waals surface area contributed by atoms with Gasteiger partial charge in [-0.1, -0.05) is 45.1 Å². The second-order valence-electron chi connectivity index (χ2n) is 11.6. The average molecular weight is 499 g/mol. The van der Waals surface area contributed by atoms with E-state index in [2.05, 4.69) is 13.8 Å². The molecule has 36 heavy (non-hydrogen) atoms. The summed E-state index contributed by atoms with van der Waals surface area (Å²) >= 11 is 0. The molecule has 2 fully saturated rings. The van der Waals surface area contributed by atoms with Crippen LogP contribution in [0.4, 0.5) is 0 Å². The molecular weight excluding hydrogens is 460 g/mol. The first-order valence-electron chi connectivity index (χ1n) is 12.8. The summed E-state index contributed by atoms with van der Waals surface area (Å²) in [6.45, 7) is 12.7. The van der Waals surface area contributed by atoms with Gasteiger partial charge < -0.3 is 19.7 Å². The molecule has 7 heteroatoms. The Morgan fingerprint density at radius 3 is 2.53 bits per heavy atom. The molecule has 196 valence electrons. The van der Waals surface area contributed by atoms with E-state index in [1.165, 1.54) is 6.08 Å². The Labute approximate surface area is 212 Å². The number of rotatable bonds is 5. The molecule has 0 aromatic heterocycles. The van der Waals surface area contributed by atoms with Gasteiger partial charge in [-0.05, 0) is 68.4 Å². The molecule has 8 atom stereocenters. The number of carbonyl (C=O) groups is 3. The van der Waals surface area contributed by atoms with Crippen molar-refractivity contribution in [3.8, 4) is 0 Å². The third kappa shape index (κ3) is 3.50. The van der Waals surface area contributed by atoms with Crippen molar-refractivity contribution in [3.63, 3.8) is 0 Å². The zero-order chi connectivity index (χ0) is 26.8. The Balaban J connectivity index is 1.87. The number of Topliss-reactive ketones (excluding diaryl/α,β-unsaturated/α-hetero) is 1. The summed E-state index contributed by atoms with van der Waals surface area (Å²) < 4.78 is 11.2. The zero-order valence-electron chi connectivity index (χ0n) is 22.2. The first kappa shape index (κ1) is 26.6. The Morgan fingerprint density at radius 2 is 1.92 bits per heavy atom. The molecule has 4 aliphatic rings. The second-order valence-corrected chi connectivity index (χ2v) is 11.6. The predicted molar refractivity (Wildman–Crippen MR) is 133 cm³/mol. The molecule has 0 aromatic rings. The van der Waals surface area contributed by atoms with Crippen molar-refractivity contribution in [2.75, 3.05) is 6.61 Å². The highest BCUT2D eigenvalue weighted by atomic mass is 16.6. The van der Waals surface area contributed by atoms with Crippen LogP contribution in [0.3, 0.4) is 0 Å². The summed E-state index contributed by atoms with van der Waals surface area (Å²) in [5.74, 6) is -1.96. The van der Waals surface area contributed by atoms with Gasteiger partial charge in [-0.25, -0.2) is 9.59 Å². The number of hydrogen-bond acceptors (Lipinski definition) is 7. The average Bonchev–Trinajstić information content (AvgIpc) is 3.31.